The van der Waals surface area contributed by atoms with Gasteiger partial charge in [-0.3, -0.25) is 4.99 Å². The minimum absolute atomic E-state index is 0.328. The summed E-state index contributed by atoms with van der Waals surface area (Å²) in [6.45, 7) is 11.0. The van der Waals surface area contributed by atoms with Gasteiger partial charge >= 0.3 is 0 Å². The van der Waals surface area contributed by atoms with Crippen LogP contribution in [0.15, 0.2) is 17.1 Å². The number of rotatable bonds is 7. The smallest absolute Gasteiger partial charge is 0.191 e. The molecule has 142 valence electrons. The lowest BCUT2D eigenvalue weighted by Gasteiger charge is -2.35. The van der Waals surface area contributed by atoms with Crippen molar-refractivity contribution >= 4 is 28.9 Å². The van der Waals surface area contributed by atoms with Gasteiger partial charge < -0.3 is 20.6 Å². The summed E-state index contributed by atoms with van der Waals surface area (Å²) >= 11 is 7.33. The molecule has 1 saturated heterocycles. The van der Waals surface area contributed by atoms with E-state index in [0.717, 1.165) is 30.5 Å². The number of nitrogens with one attached hydrogen (secondary N) is 2. The molecule has 2 unspecified atom stereocenters. The van der Waals surface area contributed by atoms with E-state index in [9.17, 15) is 5.11 Å². The second-order valence-corrected chi connectivity index (χ2v) is 8.60. The Morgan fingerprint density at radius 1 is 1.44 bits per heavy atom. The van der Waals surface area contributed by atoms with Gasteiger partial charge in [0.25, 0.3) is 0 Å². The lowest BCUT2D eigenvalue weighted by molar-refractivity contribution is 0.141. The second kappa shape index (κ2) is 10.4. The Morgan fingerprint density at radius 2 is 2.24 bits per heavy atom. The number of halogens is 1. The molecule has 1 aromatic rings. The van der Waals surface area contributed by atoms with Crippen LogP contribution in [0.2, 0.25) is 4.34 Å². The highest BCUT2D eigenvalue weighted by atomic mass is 35.5. The number of guanidine groups is 1. The molecule has 1 aromatic heterocycles. The number of likely N-dealkylation sites (tertiary alicyclic amines) is 1. The number of nitrogens with zero attached hydrogens (tertiary/aromatic N) is 2. The average Bonchev–Trinajstić information content (AvgIpc) is 3.04. The second-order valence-electron chi connectivity index (χ2n) is 6.86. The molecular formula is C18H31ClN4OS. The number of hydrogen-bond acceptors (Lipinski definition) is 4. The highest BCUT2D eigenvalue weighted by Gasteiger charge is 2.21. The molecule has 2 atom stereocenters. The zero-order chi connectivity index (χ0) is 18.2. The Kier molecular flexibility index (Phi) is 8.49. The largest absolute Gasteiger partial charge is 0.386 e. The van der Waals surface area contributed by atoms with Crippen molar-refractivity contribution in [2.24, 2.45) is 10.9 Å². The molecule has 1 fully saturated rings. The van der Waals surface area contributed by atoms with Crippen molar-refractivity contribution in [1.82, 2.24) is 15.5 Å². The molecule has 2 heterocycles. The molecule has 1 aliphatic rings. The van der Waals surface area contributed by atoms with Crippen molar-refractivity contribution in [3.8, 4) is 0 Å². The molecule has 3 N–H and O–H groups in total. The zero-order valence-electron chi connectivity index (χ0n) is 15.5. The molecule has 0 amide bonds. The van der Waals surface area contributed by atoms with E-state index in [0.29, 0.717) is 22.8 Å². The van der Waals surface area contributed by atoms with E-state index in [-0.39, 0.29) is 0 Å². The number of aliphatic hydroxyl groups is 1. The molecule has 2 rings (SSSR count). The lowest BCUT2D eigenvalue weighted by atomic mass is 9.97. The normalized spacial score (nSPS) is 20.7. The van der Waals surface area contributed by atoms with Crippen LogP contribution in [0.5, 0.6) is 0 Å². The molecule has 0 saturated carbocycles. The van der Waals surface area contributed by atoms with E-state index < -0.39 is 6.10 Å². The van der Waals surface area contributed by atoms with Crippen LogP contribution in [-0.4, -0.2) is 54.7 Å². The lowest BCUT2D eigenvalue weighted by Crippen LogP contribution is -2.46. The van der Waals surface area contributed by atoms with Crippen LogP contribution in [-0.2, 0) is 0 Å². The van der Waals surface area contributed by atoms with Crippen LogP contribution in [0.25, 0.3) is 0 Å². The van der Waals surface area contributed by atoms with Crippen LogP contribution in [0.1, 0.15) is 44.6 Å². The van der Waals surface area contributed by atoms with Gasteiger partial charge in [-0.2, -0.15) is 0 Å². The van der Waals surface area contributed by atoms with Gasteiger partial charge in [-0.25, -0.2) is 0 Å². The van der Waals surface area contributed by atoms with E-state index in [4.69, 9.17) is 11.6 Å². The van der Waals surface area contributed by atoms with Gasteiger partial charge in [0.05, 0.1) is 10.9 Å². The zero-order valence-corrected chi connectivity index (χ0v) is 17.0. The van der Waals surface area contributed by atoms with Crippen LogP contribution in [0.3, 0.4) is 0 Å². The highest BCUT2D eigenvalue weighted by molar-refractivity contribution is 7.16. The van der Waals surface area contributed by atoms with Crippen molar-refractivity contribution in [2.45, 2.75) is 45.8 Å². The van der Waals surface area contributed by atoms with Gasteiger partial charge in [0.1, 0.15) is 6.10 Å². The van der Waals surface area contributed by atoms with Crippen molar-refractivity contribution in [3.05, 3.63) is 21.3 Å². The standard InChI is InChI=1S/C18H31ClN4OS/c1-4-20-18(22-11-15(24)16-7-8-17(19)25-16)21-10-14-6-5-9-23(12-14)13(2)3/h7-8,13-15,24H,4-6,9-12H2,1-3H3,(H2,20,21,22). The minimum atomic E-state index is -0.612. The number of piperidine rings is 1. The van der Waals surface area contributed by atoms with Crippen LogP contribution in [0, 0.1) is 5.92 Å². The number of aliphatic imine (C=N–C) groups is 1. The van der Waals surface area contributed by atoms with Crippen LogP contribution < -0.4 is 10.6 Å². The monoisotopic (exact) mass is 386 g/mol. The summed E-state index contributed by atoms with van der Waals surface area (Å²) in [5.41, 5.74) is 0. The molecule has 0 radical (unpaired) electrons. The predicted octanol–water partition coefficient (Wildman–Crippen LogP) is 3.11. The SMILES string of the molecule is CCNC(=NCC(O)c1ccc(Cl)s1)NCC1CCCN(C(C)C)C1. The predicted molar refractivity (Wildman–Crippen MR) is 108 cm³/mol. The summed E-state index contributed by atoms with van der Waals surface area (Å²) in [5.74, 6) is 1.41. The molecule has 0 aliphatic carbocycles. The average molecular weight is 387 g/mol. The third kappa shape index (κ3) is 6.77. The van der Waals surface area contributed by atoms with Gasteiger partial charge in [0.15, 0.2) is 5.96 Å². The summed E-state index contributed by atoms with van der Waals surface area (Å²) in [4.78, 5) is 7.93. The summed E-state index contributed by atoms with van der Waals surface area (Å²) in [5, 5.41) is 16.9. The molecule has 0 aromatic carbocycles. The Bertz CT molecular complexity index is 549. The number of hydrogen-bond donors (Lipinski definition) is 3. The minimum Gasteiger partial charge on any atom is -0.386 e. The van der Waals surface area contributed by atoms with Gasteiger partial charge in [-0.15, -0.1) is 11.3 Å². The van der Waals surface area contributed by atoms with E-state index in [1.54, 1.807) is 0 Å². The van der Waals surface area contributed by atoms with Crippen LogP contribution in [0.4, 0.5) is 0 Å². The third-order valence-corrected chi connectivity index (χ3v) is 5.86. The molecule has 25 heavy (non-hydrogen) atoms. The Balaban J connectivity index is 1.84. The summed E-state index contributed by atoms with van der Waals surface area (Å²) in [7, 11) is 0. The number of thiophene rings is 1. The van der Waals surface area contributed by atoms with E-state index in [2.05, 4.69) is 34.4 Å². The number of aliphatic hydroxyl groups excluding tert-OH is 1. The fourth-order valence-corrected chi connectivity index (χ4v) is 4.13. The quantitative estimate of drug-likeness (QED) is 0.497. The van der Waals surface area contributed by atoms with Gasteiger partial charge in [-0.05, 0) is 58.2 Å². The molecule has 7 heteroatoms. The molecule has 1 aliphatic heterocycles. The Hall–Kier alpha value is -0.820. The molecular weight excluding hydrogens is 356 g/mol. The molecule has 5 nitrogen and oxygen atoms in total. The Labute approximate surface area is 160 Å². The Morgan fingerprint density at radius 3 is 2.88 bits per heavy atom. The fraction of sp³-hybridized carbons (Fsp3) is 0.722. The van der Waals surface area contributed by atoms with Gasteiger partial charge in [-0.1, -0.05) is 11.6 Å². The van der Waals surface area contributed by atoms with Crippen molar-refractivity contribution in [2.75, 3.05) is 32.7 Å². The maximum atomic E-state index is 10.2. The van der Waals surface area contributed by atoms with Crippen molar-refractivity contribution < 1.29 is 5.11 Å². The first-order valence-corrected chi connectivity index (χ1v) is 10.4. The first-order valence-electron chi connectivity index (χ1n) is 9.19. The topological polar surface area (TPSA) is 59.9 Å². The van der Waals surface area contributed by atoms with Crippen molar-refractivity contribution in [1.29, 1.82) is 0 Å². The first kappa shape index (κ1) is 20.5. The van der Waals surface area contributed by atoms with Gasteiger partial charge in [0, 0.05) is 30.6 Å². The van der Waals surface area contributed by atoms with E-state index in [1.807, 2.05) is 19.1 Å². The van der Waals surface area contributed by atoms with Gasteiger partial charge in [0.2, 0.25) is 0 Å². The maximum absolute atomic E-state index is 10.2. The highest BCUT2D eigenvalue weighted by Crippen LogP contribution is 2.26. The first-order chi connectivity index (χ1) is 12.0. The summed E-state index contributed by atoms with van der Waals surface area (Å²) in [6, 6.07) is 4.27. The maximum Gasteiger partial charge on any atom is 0.191 e. The van der Waals surface area contributed by atoms with E-state index >= 15 is 0 Å². The summed E-state index contributed by atoms with van der Waals surface area (Å²) in [6.07, 6.45) is 1.90. The van der Waals surface area contributed by atoms with Crippen molar-refractivity contribution in [3.63, 3.8) is 0 Å². The van der Waals surface area contributed by atoms with Crippen LogP contribution >= 0.6 is 22.9 Å². The molecule has 0 bridgehead atoms. The fourth-order valence-electron chi connectivity index (χ4n) is 3.09. The third-order valence-electron chi connectivity index (χ3n) is 4.53. The molecule has 0 spiro atoms. The van der Waals surface area contributed by atoms with E-state index in [1.165, 1.54) is 30.7 Å². The summed E-state index contributed by atoms with van der Waals surface area (Å²) < 4.78 is 0.690.